The number of halogens is 1. The van der Waals surface area contributed by atoms with Crippen LogP contribution >= 0.6 is 23.4 Å². The van der Waals surface area contributed by atoms with E-state index in [4.69, 9.17) is 16.3 Å². The number of ether oxygens (including phenoxy) is 1. The van der Waals surface area contributed by atoms with Crippen molar-refractivity contribution in [3.8, 4) is 5.75 Å². The molecule has 122 valence electrons. The summed E-state index contributed by atoms with van der Waals surface area (Å²) >= 11 is 7.31. The molecule has 1 N–H and O–H groups in total. The Bertz CT molecular complexity index is 648. The number of thioether (sulfide) groups is 1. The predicted molar refractivity (Wildman–Crippen MR) is 90.8 cm³/mol. The SMILES string of the molecule is CCOc1ccc(Cl)cc1NC(=O)CSC1CCS(=O)(=O)C1. The Morgan fingerprint density at radius 3 is 2.91 bits per heavy atom. The second-order valence-corrected chi connectivity index (χ2v) is 8.91. The van der Waals surface area contributed by atoms with Gasteiger partial charge in [-0.05, 0) is 31.5 Å². The van der Waals surface area contributed by atoms with E-state index in [9.17, 15) is 13.2 Å². The maximum absolute atomic E-state index is 12.0. The van der Waals surface area contributed by atoms with Gasteiger partial charge in [0.05, 0.1) is 29.6 Å². The number of hydrogen-bond donors (Lipinski definition) is 1. The van der Waals surface area contributed by atoms with E-state index in [1.54, 1.807) is 18.2 Å². The van der Waals surface area contributed by atoms with Crippen molar-refractivity contribution in [2.24, 2.45) is 0 Å². The minimum atomic E-state index is -2.91. The molecule has 1 aliphatic heterocycles. The van der Waals surface area contributed by atoms with Gasteiger partial charge < -0.3 is 10.1 Å². The predicted octanol–water partition coefficient (Wildman–Crippen LogP) is 2.60. The van der Waals surface area contributed by atoms with Gasteiger partial charge in [0.15, 0.2) is 9.84 Å². The van der Waals surface area contributed by atoms with E-state index >= 15 is 0 Å². The summed E-state index contributed by atoms with van der Waals surface area (Å²) in [5.41, 5.74) is 0.527. The Morgan fingerprint density at radius 1 is 1.50 bits per heavy atom. The van der Waals surface area contributed by atoms with Crippen LogP contribution in [0.2, 0.25) is 5.02 Å². The Morgan fingerprint density at radius 2 is 2.27 bits per heavy atom. The van der Waals surface area contributed by atoms with Crippen LogP contribution in [0.25, 0.3) is 0 Å². The average molecular weight is 364 g/mol. The van der Waals surface area contributed by atoms with Gasteiger partial charge in [0.1, 0.15) is 5.75 Å². The number of amides is 1. The molecular weight excluding hydrogens is 346 g/mol. The van der Waals surface area contributed by atoms with E-state index < -0.39 is 9.84 Å². The maximum Gasteiger partial charge on any atom is 0.234 e. The van der Waals surface area contributed by atoms with Gasteiger partial charge >= 0.3 is 0 Å². The number of rotatable bonds is 6. The molecule has 1 aromatic carbocycles. The molecule has 2 rings (SSSR count). The Labute approximate surface area is 139 Å². The second-order valence-electron chi connectivity index (χ2n) is 4.96. The fourth-order valence-corrected chi connectivity index (χ4v) is 5.77. The summed E-state index contributed by atoms with van der Waals surface area (Å²) in [6.07, 6.45) is 0.613. The lowest BCUT2D eigenvalue weighted by Gasteiger charge is -2.12. The van der Waals surface area contributed by atoms with Crippen molar-refractivity contribution >= 4 is 44.8 Å². The molecule has 1 amide bonds. The van der Waals surface area contributed by atoms with Crippen LogP contribution in [0.15, 0.2) is 18.2 Å². The molecule has 0 spiro atoms. The fourth-order valence-electron chi connectivity index (χ4n) is 2.15. The highest BCUT2D eigenvalue weighted by atomic mass is 35.5. The fraction of sp³-hybridized carbons (Fsp3) is 0.500. The van der Waals surface area contributed by atoms with Crippen LogP contribution in [0.3, 0.4) is 0 Å². The maximum atomic E-state index is 12.0. The van der Waals surface area contributed by atoms with Gasteiger partial charge in [0.2, 0.25) is 5.91 Å². The van der Waals surface area contributed by atoms with E-state index in [2.05, 4.69) is 5.32 Å². The van der Waals surface area contributed by atoms with Crippen LogP contribution in [0.4, 0.5) is 5.69 Å². The van der Waals surface area contributed by atoms with Gasteiger partial charge in [-0.3, -0.25) is 4.79 Å². The van der Waals surface area contributed by atoms with Crippen LogP contribution in [-0.2, 0) is 14.6 Å². The highest BCUT2D eigenvalue weighted by Gasteiger charge is 2.28. The third-order valence-electron chi connectivity index (χ3n) is 3.16. The lowest BCUT2D eigenvalue weighted by molar-refractivity contribution is -0.113. The average Bonchev–Trinajstić information content (AvgIpc) is 2.79. The van der Waals surface area contributed by atoms with Crippen molar-refractivity contribution in [3.63, 3.8) is 0 Å². The standard InChI is InChI=1S/C14H18ClNO4S2/c1-2-20-13-4-3-10(15)7-12(13)16-14(17)8-21-11-5-6-22(18,19)9-11/h3-4,7,11H,2,5-6,8-9H2,1H3,(H,16,17). The minimum Gasteiger partial charge on any atom is -0.492 e. The van der Waals surface area contributed by atoms with Gasteiger partial charge in [0, 0.05) is 10.3 Å². The van der Waals surface area contributed by atoms with Crippen molar-refractivity contribution < 1.29 is 17.9 Å². The first-order valence-corrected chi connectivity index (χ1v) is 10.2. The molecule has 8 heteroatoms. The molecule has 1 saturated heterocycles. The van der Waals surface area contributed by atoms with Crippen molar-refractivity contribution in [3.05, 3.63) is 23.2 Å². The number of anilines is 1. The monoisotopic (exact) mass is 363 g/mol. The van der Waals surface area contributed by atoms with E-state index in [0.29, 0.717) is 29.5 Å². The molecule has 0 saturated carbocycles. The molecule has 1 heterocycles. The third-order valence-corrected chi connectivity index (χ3v) is 6.67. The van der Waals surface area contributed by atoms with Crippen LogP contribution in [0, 0.1) is 0 Å². The summed E-state index contributed by atoms with van der Waals surface area (Å²) in [4.78, 5) is 12.0. The largest absolute Gasteiger partial charge is 0.492 e. The van der Waals surface area contributed by atoms with Crippen LogP contribution < -0.4 is 10.1 Å². The van der Waals surface area contributed by atoms with E-state index in [1.165, 1.54) is 11.8 Å². The summed E-state index contributed by atoms with van der Waals surface area (Å²) in [6.45, 7) is 2.34. The normalized spacial score (nSPS) is 19.8. The number of carbonyl (C=O) groups is 1. The highest BCUT2D eigenvalue weighted by Crippen LogP contribution is 2.29. The van der Waals surface area contributed by atoms with Crippen LogP contribution in [0.1, 0.15) is 13.3 Å². The van der Waals surface area contributed by atoms with Crippen LogP contribution in [0.5, 0.6) is 5.75 Å². The van der Waals surface area contributed by atoms with Crippen molar-refractivity contribution in [2.75, 3.05) is 29.2 Å². The molecule has 1 aromatic rings. The molecule has 1 fully saturated rings. The Kier molecular flexibility index (Phi) is 6.00. The summed E-state index contributed by atoms with van der Waals surface area (Å²) in [5, 5.41) is 3.27. The third kappa shape index (κ3) is 5.07. The number of nitrogens with one attached hydrogen (secondary N) is 1. The van der Waals surface area contributed by atoms with Gasteiger partial charge in [0.25, 0.3) is 0 Å². The molecule has 0 aromatic heterocycles. The number of hydrogen-bond acceptors (Lipinski definition) is 5. The van der Waals surface area contributed by atoms with Gasteiger partial charge in [-0.15, -0.1) is 11.8 Å². The first-order valence-electron chi connectivity index (χ1n) is 6.94. The zero-order valence-electron chi connectivity index (χ0n) is 12.2. The van der Waals surface area contributed by atoms with Crippen molar-refractivity contribution in [2.45, 2.75) is 18.6 Å². The van der Waals surface area contributed by atoms with E-state index in [0.717, 1.165) is 0 Å². The van der Waals surface area contributed by atoms with Crippen molar-refractivity contribution in [1.29, 1.82) is 0 Å². The molecule has 1 unspecified atom stereocenters. The molecule has 0 radical (unpaired) electrons. The minimum absolute atomic E-state index is 0.00136. The molecular formula is C14H18ClNO4S2. The van der Waals surface area contributed by atoms with E-state index in [1.807, 2.05) is 6.92 Å². The van der Waals surface area contributed by atoms with Crippen LogP contribution in [-0.4, -0.2) is 43.4 Å². The molecule has 0 aliphatic carbocycles. The zero-order valence-corrected chi connectivity index (χ0v) is 14.6. The summed E-state index contributed by atoms with van der Waals surface area (Å²) in [6, 6.07) is 5.04. The quantitative estimate of drug-likeness (QED) is 0.841. The first kappa shape index (κ1) is 17.4. The summed E-state index contributed by atoms with van der Waals surface area (Å²) in [7, 11) is -2.91. The van der Waals surface area contributed by atoms with Gasteiger partial charge in [-0.25, -0.2) is 8.42 Å². The van der Waals surface area contributed by atoms with Gasteiger partial charge in [-0.1, -0.05) is 11.6 Å². The molecule has 22 heavy (non-hydrogen) atoms. The van der Waals surface area contributed by atoms with Crippen molar-refractivity contribution in [1.82, 2.24) is 0 Å². The zero-order chi connectivity index (χ0) is 16.2. The number of carbonyl (C=O) groups excluding carboxylic acids is 1. The lowest BCUT2D eigenvalue weighted by Crippen LogP contribution is -2.17. The molecule has 1 atom stereocenters. The highest BCUT2D eigenvalue weighted by molar-refractivity contribution is 8.02. The Hall–Kier alpha value is -0.920. The topological polar surface area (TPSA) is 72.5 Å². The smallest absolute Gasteiger partial charge is 0.234 e. The first-order chi connectivity index (χ1) is 10.4. The van der Waals surface area contributed by atoms with E-state index in [-0.39, 0.29) is 28.4 Å². The van der Waals surface area contributed by atoms with Gasteiger partial charge in [-0.2, -0.15) is 0 Å². The molecule has 0 bridgehead atoms. The molecule has 5 nitrogen and oxygen atoms in total. The summed E-state index contributed by atoms with van der Waals surface area (Å²) in [5.74, 6) is 0.950. The number of sulfone groups is 1. The summed E-state index contributed by atoms with van der Waals surface area (Å²) < 4.78 is 28.2. The number of benzene rings is 1. The molecule has 1 aliphatic rings. The lowest BCUT2D eigenvalue weighted by atomic mass is 10.3. The Balaban J connectivity index is 1.90. The second kappa shape index (κ2) is 7.57.